The third-order valence-electron chi connectivity index (χ3n) is 4.52. The number of thioether (sulfide) groups is 1. The molecule has 0 saturated carbocycles. The van der Waals surface area contributed by atoms with Gasteiger partial charge in [-0.3, -0.25) is 9.59 Å². The van der Waals surface area contributed by atoms with Crippen molar-refractivity contribution in [2.75, 3.05) is 18.8 Å². The zero-order valence-electron chi connectivity index (χ0n) is 15.5. The summed E-state index contributed by atoms with van der Waals surface area (Å²) in [4.78, 5) is 26.6. The molecule has 0 aromatic heterocycles. The number of carbonyl (C=O) groups excluding carboxylic acids is 2. The lowest BCUT2D eigenvalue weighted by molar-refractivity contribution is -0.144. The monoisotopic (exact) mass is 373 g/mol. The second-order valence-corrected chi connectivity index (χ2v) is 7.92. The van der Waals surface area contributed by atoms with E-state index in [1.165, 1.54) is 0 Å². The number of rotatable bonds is 7. The maximum atomic E-state index is 12.5. The van der Waals surface area contributed by atoms with Crippen LogP contribution >= 0.6 is 11.8 Å². The highest BCUT2D eigenvalue weighted by atomic mass is 32.2. The minimum absolute atomic E-state index is 0.0447. The van der Waals surface area contributed by atoms with Crippen LogP contribution in [0.15, 0.2) is 24.3 Å². The molecule has 0 radical (unpaired) electrons. The molecular weight excluding hydrogens is 346 g/mol. The van der Waals surface area contributed by atoms with Gasteiger partial charge in [-0.05, 0) is 30.9 Å². The van der Waals surface area contributed by atoms with E-state index >= 15 is 0 Å². The van der Waals surface area contributed by atoms with Gasteiger partial charge in [0.15, 0.2) is 0 Å². The molecule has 1 aliphatic heterocycles. The minimum Gasteiger partial charge on any atom is -0.353 e. The smallest absolute Gasteiger partial charge is 0.242 e. The standard InChI is InChI=1S/C20H27N3O2S/c1-15(2)20(25)23-11-6-5-9-18(23)19(24)22-10-12-26-14-17-8-4-3-7-16(17)13-21/h3-4,7-8,15,18H,5-6,9-12,14H2,1-2H3,(H,22,24)/t18-/m0/s1. The second kappa shape index (κ2) is 10.2. The molecule has 1 aliphatic rings. The zero-order valence-corrected chi connectivity index (χ0v) is 16.3. The number of piperidine rings is 1. The summed E-state index contributed by atoms with van der Waals surface area (Å²) < 4.78 is 0. The summed E-state index contributed by atoms with van der Waals surface area (Å²) in [5, 5.41) is 12.1. The summed E-state index contributed by atoms with van der Waals surface area (Å²) in [6.07, 6.45) is 2.70. The molecule has 140 valence electrons. The molecule has 0 spiro atoms. The van der Waals surface area contributed by atoms with Crippen LogP contribution in [-0.4, -0.2) is 41.6 Å². The summed E-state index contributed by atoms with van der Waals surface area (Å²) in [5.74, 6) is 1.46. The number of nitrogens with one attached hydrogen (secondary N) is 1. The lowest BCUT2D eigenvalue weighted by Gasteiger charge is -2.35. The Labute approximate surface area is 160 Å². The predicted molar refractivity (Wildman–Crippen MR) is 105 cm³/mol. The van der Waals surface area contributed by atoms with E-state index in [-0.39, 0.29) is 23.8 Å². The number of benzene rings is 1. The van der Waals surface area contributed by atoms with Crippen LogP contribution in [0.4, 0.5) is 0 Å². The van der Waals surface area contributed by atoms with Gasteiger partial charge in [0.25, 0.3) is 0 Å². The predicted octanol–water partition coefficient (Wildman–Crippen LogP) is 2.94. The molecule has 1 atom stereocenters. The molecule has 5 nitrogen and oxygen atoms in total. The van der Waals surface area contributed by atoms with Crippen molar-refractivity contribution in [2.45, 2.75) is 44.9 Å². The molecule has 1 aromatic carbocycles. The fourth-order valence-electron chi connectivity index (χ4n) is 3.10. The fourth-order valence-corrected chi connectivity index (χ4v) is 3.96. The van der Waals surface area contributed by atoms with Crippen molar-refractivity contribution < 1.29 is 9.59 Å². The largest absolute Gasteiger partial charge is 0.353 e. The van der Waals surface area contributed by atoms with Crippen LogP contribution in [0.5, 0.6) is 0 Å². The molecule has 0 aliphatic carbocycles. The van der Waals surface area contributed by atoms with Crippen LogP contribution < -0.4 is 5.32 Å². The number of nitrogens with zero attached hydrogens (tertiary/aromatic N) is 2. The molecule has 6 heteroatoms. The van der Waals surface area contributed by atoms with Gasteiger partial charge in [-0.25, -0.2) is 0 Å². The quantitative estimate of drug-likeness (QED) is 0.746. The third-order valence-corrected chi connectivity index (χ3v) is 5.53. The highest BCUT2D eigenvalue weighted by Gasteiger charge is 2.32. The first-order chi connectivity index (χ1) is 12.5. The third kappa shape index (κ3) is 5.50. The van der Waals surface area contributed by atoms with Crippen molar-refractivity contribution in [1.29, 1.82) is 5.26 Å². The summed E-state index contributed by atoms with van der Waals surface area (Å²) in [7, 11) is 0. The van der Waals surface area contributed by atoms with Crippen molar-refractivity contribution in [3.63, 3.8) is 0 Å². The van der Waals surface area contributed by atoms with Gasteiger partial charge >= 0.3 is 0 Å². The van der Waals surface area contributed by atoms with Gasteiger partial charge < -0.3 is 10.2 Å². The molecule has 1 fully saturated rings. The Morgan fingerprint density at radius 1 is 1.35 bits per heavy atom. The van der Waals surface area contributed by atoms with E-state index in [1.54, 1.807) is 16.7 Å². The summed E-state index contributed by atoms with van der Waals surface area (Å²) >= 11 is 1.69. The lowest BCUT2D eigenvalue weighted by atomic mass is 9.99. The van der Waals surface area contributed by atoms with E-state index < -0.39 is 0 Å². The molecule has 1 aromatic rings. The second-order valence-electron chi connectivity index (χ2n) is 6.81. The van der Waals surface area contributed by atoms with Gasteiger partial charge in [-0.15, -0.1) is 0 Å². The van der Waals surface area contributed by atoms with E-state index in [0.29, 0.717) is 18.7 Å². The molecule has 0 bridgehead atoms. The first-order valence-electron chi connectivity index (χ1n) is 9.18. The maximum Gasteiger partial charge on any atom is 0.242 e. The van der Waals surface area contributed by atoms with Gasteiger partial charge in [0.05, 0.1) is 11.6 Å². The van der Waals surface area contributed by atoms with Crippen LogP contribution in [0, 0.1) is 17.2 Å². The van der Waals surface area contributed by atoms with Crippen LogP contribution in [-0.2, 0) is 15.3 Å². The number of hydrogen-bond acceptors (Lipinski definition) is 4. The van der Waals surface area contributed by atoms with E-state index in [2.05, 4.69) is 11.4 Å². The van der Waals surface area contributed by atoms with E-state index in [9.17, 15) is 9.59 Å². The summed E-state index contributed by atoms with van der Waals surface area (Å²) in [6.45, 7) is 5.00. The first kappa shape index (κ1) is 20.3. The van der Waals surface area contributed by atoms with E-state index in [1.807, 2.05) is 38.1 Å². The molecule has 0 unspecified atom stereocenters. The maximum absolute atomic E-state index is 12.5. The van der Waals surface area contributed by atoms with Gasteiger partial charge in [0.2, 0.25) is 11.8 Å². The van der Waals surface area contributed by atoms with E-state index in [0.717, 1.165) is 36.3 Å². The SMILES string of the molecule is CC(C)C(=O)N1CCCC[C@H]1C(=O)NCCSCc1ccccc1C#N. The van der Waals surface area contributed by atoms with Crippen LogP contribution in [0.1, 0.15) is 44.2 Å². The van der Waals surface area contributed by atoms with Crippen molar-refractivity contribution in [3.05, 3.63) is 35.4 Å². The Balaban J connectivity index is 1.77. The number of hydrogen-bond donors (Lipinski definition) is 1. The van der Waals surface area contributed by atoms with Crippen molar-refractivity contribution in [1.82, 2.24) is 10.2 Å². The highest BCUT2D eigenvalue weighted by molar-refractivity contribution is 7.98. The zero-order chi connectivity index (χ0) is 18.9. The lowest BCUT2D eigenvalue weighted by Crippen LogP contribution is -2.53. The number of likely N-dealkylation sites (tertiary alicyclic amines) is 1. The molecule has 26 heavy (non-hydrogen) atoms. The molecular formula is C20H27N3O2S. The summed E-state index contributed by atoms with van der Waals surface area (Å²) in [5.41, 5.74) is 1.72. The Morgan fingerprint density at radius 3 is 2.85 bits per heavy atom. The number of amides is 2. The molecule has 1 heterocycles. The van der Waals surface area contributed by atoms with Crippen LogP contribution in [0.25, 0.3) is 0 Å². The van der Waals surface area contributed by atoms with Gasteiger partial charge in [0.1, 0.15) is 6.04 Å². The topological polar surface area (TPSA) is 73.2 Å². The normalized spacial score (nSPS) is 17.0. The highest BCUT2D eigenvalue weighted by Crippen LogP contribution is 2.20. The van der Waals surface area contributed by atoms with Gasteiger partial charge in [0, 0.05) is 30.5 Å². The average molecular weight is 374 g/mol. The molecule has 1 N–H and O–H groups in total. The Kier molecular flexibility index (Phi) is 7.99. The average Bonchev–Trinajstić information content (AvgIpc) is 2.67. The van der Waals surface area contributed by atoms with Gasteiger partial charge in [-0.1, -0.05) is 32.0 Å². The van der Waals surface area contributed by atoms with Gasteiger partial charge in [-0.2, -0.15) is 17.0 Å². The Bertz CT molecular complexity index is 669. The minimum atomic E-state index is -0.331. The van der Waals surface area contributed by atoms with E-state index in [4.69, 9.17) is 5.26 Å². The molecule has 1 saturated heterocycles. The first-order valence-corrected chi connectivity index (χ1v) is 10.3. The molecule has 2 amide bonds. The van der Waals surface area contributed by atoms with Crippen LogP contribution in [0.2, 0.25) is 0 Å². The van der Waals surface area contributed by atoms with Crippen molar-refractivity contribution in [3.8, 4) is 6.07 Å². The fraction of sp³-hybridized carbons (Fsp3) is 0.550. The Morgan fingerprint density at radius 2 is 2.12 bits per heavy atom. The number of carbonyl (C=O) groups is 2. The Hall–Kier alpha value is -2.00. The van der Waals surface area contributed by atoms with Crippen molar-refractivity contribution >= 4 is 23.6 Å². The number of nitriles is 1. The molecule has 2 rings (SSSR count). The summed E-state index contributed by atoms with van der Waals surface area (Å²) in [6, 6.07) is 9.45. The van der Waals surface area contributed by atoms with Crippen molar-refractivity contribution in [2.24, 2.45) is 5.92 Å². The van der Waals surface area contributed by atoms with Crippen LogP contribution in [0.3, 0.4) is 0 Å².